The summed E-state index contributed by atoms with van der Waals surface area (Å²) in [7, 11) is 0. The molecule has 0 bridgehead atoms. The molecule has 1 saturated carbocycles. The standard InChI is InChI=1S/C19H27NO2/c21-15-18(17-12-5-2-6-13-17)20-19(22)14-8-7-11-16-9-3-1-4-10-16/h2,5-7,11-13,16,18,21H,1,3-4,8-10,14-15H2,(H,20,22)/b11-7+/t18-/m0/s1. The van der Waals surface area contributed by atoms with Crippen molar-refractivity contribution in [2.24, 2.45) is 5.92 Å². The van der Waals surface area contributed by atoms with Crippen LogP contribution in [0.15, 0.2) is 42.5 Å². The number of nitrogens with one attached hydrogen (secondary N) is 1. The van der Waals surface area contributed by atoms with Crippen LogP contribution >= 0.6 is 0 Å². The lowest BCUT2D eigenvalue weighted by Gasteiger charge is -2.18. The summed E-state index contributed by atoms with van der Waals surface area (Å²) in [4.78, 5) is 12.0. The molecule has 1 aromatic carbocycles. The van der Waals surface area contributed by atoms with Crippen molar-refractivity contribution in [2.75, 3.05) is 6.61 Å². The van der Waals surface area contributed by atoms with Crippen LogP contribution in [-0.4, -0.2) is 17.6 Å². The normalized spacial score (nSPS) is 17.5. The maximum Gasteiger partial charge on any atom is 0.220 e. The zero-order chi connectivity index (χ0) is 15.6. The van der Waals surface area contributed by atoms with Crippen molar-refractivity contribution in [3.8, 4) is 0 Å². The molecule has 0 aliphatic heterocycles. The summed E-state index contributed by atoms with van der Waals surface area (Å²) in [6.07, 6.45) is 12.3. The van der Waals surface area contributed by atoms with E-state index in [0.717, 1.165) is 12.0 Å². The van der Waals surface area contributed by atoms with Gasteiger partial charge in [-0.2, -0.15) is 0 Å². The van der Waals surface area contributed by atoms with Gasteiger partial charge in [-0.15, -0.1) is 0 Å². The van der Waals surface area contributed by atoms with Crippen LogP contribution in [0.3, 0.4) is 0 Å². The van der Waals surface area contributed by atoms with E-state index in [9.17, 15) is 9.90 Å². The molecule has 0 spiro atoms. The van der Waals surface area contributed by atoms with E-state index in [4.69, 9.17) is 0 Å². The number of hydrogen-bond donors (Lipinski definition) is 2. The summed E-state index contributed by atoms with van der Waals surface area (Å²) >= 11 is 0. The Labute approximate surface area is 133 Å². The van der Waals surface area contributed by atoms with Crippen molar-refractivity contribution in [3.05, 3.63) is 48.0 Å². The minimum Gasteiger partial charge on any atom is -0.394 e. The Morgan fingerprint density at radius 3 is 2.64 bits per heavy atom. The predicted octanol–water partition coefficient (Wildman–Crippen LogP) is 3.75. The number of carbonyl (C=O) groups excluding carboxylic acids is 1. The largest absolute Gasteiger partial charge is 0.394 e. The van der Waals surface area contributed by atoms with Gasteiger partial charge in [-0.3, -0.25) is 4.79 Å². The number of allylic oxidation sites excluding steroid dienone is 2. The molecule has 1 atom stereocenters. The molecule has 3 nitrogen and oxygen atoms in total. The monoisotopic (exact) mass is 301 g/mol. The van der Waals surface area contributed by atoms with Crippen LogP contribution in [0.5, 0.6) is 0 Å². The second kappa shape index (κ2) is 9.42. The van der Waals surface area contributed by atoms with Gasteiger partial charge in [0.05, 0.1) is 12.6 Å². The molecule has 2 rings (SSSR count). The number of rotatable bonds is 7. The summed E-state index contributed by atoms with van der Waals surface area (Å²) in [5, 5.41) is 12.3. The van der Waals surface area contributed by atoms with Crippen LogP contribution in [-0.2, 0) is 4.79 Å². The van der Waals surface area contributed by atoms with E-state index in [1.165, 1.54) is 32.1 Å². The van der Waals surface area contributed by atoms with E-state index in [1.54, 1.807) is 0 Å². The first-order valence-electron chi connectivity index (χ1n) is 8.41. The number of carbonyl (C=O) groups is 1. The molecule has 0 radical (unpaired) electrons. The SMILES string of the molecule is O=C(CC/C=C/C1CCCCC1)N[C@@H](CO)c1ccccc1. The fourth-order valence-electron chi connectivity index (χ4n) is 3.02. The average Bonchev–Trinajstić information content (AvgIpc) is 2.58. The molecule has 22 heavy (non-hydrogen) atoms. The fraction of sp³-hybridized carbons (Fsp3) is 0.526. The summed E-state index contributed by atoms with van der Waals surface area (Å²) in [5.41, 5.74) is 0.941. The molecule has 1 aliphatic carbocycles. The highest BCUT2D eigenvalue weighted by atomic mass is 16.3. The topological polar surface area (TPSA) is 49.3 Å². The molecule has 1 fully saturated rings. The molecule has 3 heteroatoms. The van der Waals surface area contributed by atoms with Gasteiger partial charge in [-0.25, -0.2) is 0 Å². The maximum atomic E-state index is 12.0. The molecule has 0 heterocycles. The minimum atomic E-state index is -0.309. The van der Waals surface area contributed by atoms with Crippen molar-refractivity contribution in [2.45, 2.75) is 51.0 Å². The Bertz CT molecular complexity index is 464. The van der Waals surface area contributed by atoms with Gasteiger partial charge in [-0.1, -0.05) is 61.7 Å². The molecule has 1 aliphatic rings. The van der Waals surface area contributed by atoms with Gasteiger partial charge in [0, 0.05) is 6.42 Å². The van der Waals surface area contributed by atoms with Crippen molar-refractivity contribution < 1.29 is 9.90 Å². The van der Waals surface area contributed by atoms with Gasteiger partial charge in [0.25, 0.3) is 0 Å². The van der Waals surface area contributed by atoms with Gasteiger partial charge >= 0.3 is 0 Å². The lowest BCUT2D eigenvalue weighted by molar-refractivity contribution is -0.122. The molecule has 2 N–H and O–H groups in total. The summed E-state index contributed by atoms with van der Waals surface area (Å²) in [5.74, 6) is 0.711. The fourth-order valence-corrected chi connectivity index (χ4v) is 3.02. The van der Waals surface area contributed by atoms with Crippen molar-refractivity contribution in [3.63, 3.8) is 0 Å². The van der Waals surface area contributed by atoms with Gasteiger partial charge in [0.15, 0.2) is 0 Å². The Morgan fingerprint density at radius 1 is 1.23 bits per heavy atom. The molecule has 120 valence electrons. The van der Waals surface area contributed by atoms with E-state index in [2.05, 4.69) is 17.5 Å². The van der Waals surface area contributed by atoms with Crippen molar-refractivity contribution >= 4 is 5.91 Å². The highest BCUT2D eigenvalue weighted by molar-refractivity contribution is 5.76. The molecular formula is C19H27NO2. The smallest absolute Gasteiger partial charge is 0.220 e. The molecular weight excluding hydrogens is 274 g/mol. The summed E-state index contributed by atoms with van der Waals surface area (Å²) in [6, 6.07) is 9.29. The Balaban J connectivity index is 1.71. The number of aliphatic hydroxyl groups excluding tert-OH is 1. The van der Waals surface area contributed by atoms with Gasteiger partial charge in [0.2, 0.25) is 5.91 Å². The van der Waals surface area contributed by atoms with Gasteiger partial charge in [-0.05, 0) is 30.7 Å². The third-order valence-electron chi connectivity index (χ3n) is 4.32. The number of benzene rings is 1. The van der Waals surface area contributed by atoms with Crippen molar-refractivity contribution in [1.29, 1.82) is 0 Å². The predicted molar refractivity (Wildman–Crippen MR) is 89.4 cm³/mol. The van der Waals surface area contributed by atoms with E-state index in [-0.39, 0.29) is 18.6 Å². The molecule has 0 saturated heterocycles. The molecule has 0 unspecified atom stereocenters. The third-order valence-corrected chi connectivity index (χ3v) is 4.32. The van der Waals surface area contributed by atoms with Crippen LogP contribution in [0.25, 0.3) is 0 Å². The first kappa shape index (κ1) is 16.8. The van der Waals surface area contributed by atoms with Crippen LogP contribution in [0.2, 0.25) is 0 Å². The highest BCUT2D eigenvalue weighted by Crippen LogP contribution is 2.24. The zero-order valence-electron chi connectivity index (χ0n) is 13.2. The van der Waals surface area contributed by atoms with Gasteiger partial charge in [0.1, 0.15) is 0 Å². The number of amides is 1. The quantitative estimate of drug-likeness (QED) is 0.754. The van der Waals surface area contributed by atoms with Crippen LogP contribution in [0.1, 0.15) is 56.6 Å². The van der Waals surface area contributed by atoms with E-state index in [1.807, 2.05) is 30.3 Å². The number of hydrogen-bond acceptors (Lipinski definition) is 2. The van der Waals surface area contributed by atoms with Gasteiger partial charge < -0.3 is 10.4 Å². The Kier molecular flexibility index (Phi) is 7.17. The first-order chi connectivity index (χ1) is 10.8. The summed E-state index contributed by atoms with van der Waals surface area (Å²) < 4.78 is 0. The minimum absolute atomic E-state index is 0.00352. The average molecular weight is 301 g/mol. The van der Waals surface area contributed by atoms with Crippen LogP contribution < -0.4 is 5.32 Å². The third kappa shape index (κ3) is 5.64. The second-order valence-electron chi connectivity index (χ2n) is 6.08. The molecule has 0 aromatic heterocycles. The van der Waals surface area contributed by atoms with Crippen molar-refractivity contribution in [1.82, 2.24) is 5.32 Å². The summed E-state index contributed by atoms with van der Waals surface area (Å²) in [6.45, 7) is -0.0757. The zero-order valence-corrected chi connectivity index (χ0v) is 13.2. The highest BCUT2D eigenvalue weighted by Gasteiger charge is 2.13. The van der Waals surface area contributed by atoms with E-state index >= 15 is 0 Å². The van der Waals surface area contributed by atoms with E-state index < -0.39 is 0 Å². The molecule has 1 aromatic rings. The van der Waals surface area contributed by atoms with Crippen LogP contribution in [0.4, 0.5) is 0 Å². The van der Waals surface area contributed by atoms with E-state index in [0.29, 0.717) is 12.3 Å². The van der Waals surface area contributed by atoms with Crippen LogP contribution in [0, 0.1) is 5.92 Å². The lowest BCUT2D eigenvalue weighted by Crippen LogP contribution is -2.30. The Morgan fingerprint density at radius 2 is 1.95 bits per heavy atom. The maximum absolute atomic E-state index is 12.0. The number of aliphatic hydroxyl groups is 1. The molecule has 1 amide bonds. The lowest BCUT2D eigenvalue weighted by atomic mass is 9.89. The Hall–Kier alpha value is -1.61. The first-order valence-corrected chi connectivity index (χ1v) is 8.41. The second-order valence-corrected chi connectivity index (χ2v) is 6.08.